The first kappa shape index (κ1) is 40.4. The third-order valence-electron chi connectivity index (χ3n) is 9.58. The molecule has 0 aromatic heterocycles. The molecule has 0 saturated carbocycles. The topological polar surface area (TPSA) is 180 Å². The predicted molar refractivity (Wildman–Crippen MR) is 203 cm³/mol. The van der Waals surface area contributed by atoms with Gasteiger partial charge in [-0.25, -0.2) is 9.59 Å². The van der Waals surface area contributed by atoms with Gasteiger partial charge >= 0.3 is 12.1 Å². The van der Waals surface area contributed by atoms with Crippen LogP contribution in [-0.4, -0.2) is 80.9 Å². The molecule has 4 N–H and O–H groups in total. The largest absolute Gasteiger partial charge is 0.496 e. The summed E-state index contributed by atoms with van der Waals surface area (Å²) in [5, 5.41) is 11.2. The van der Waals surface area contributed by atoms with Crippen molar-refractivity contribution in [2.75, 3.05) is 21.3 Å². The number of amides is 4. The van der Waals surface area contributed by atoms with Gasteiger partial charge in [0.15, 0.2) is 11.5 Å². The first-order valence-corrected chi connectivity index (χ1v) is 18.3. The molecule has 0 aliphatic carbocycles. The number of benzene rings is 3. The Morgan fingerprint density at radius 2 is 1.51 bits per heavy atom. The third kappa shape index (κ3) is 9.85. The van der Waals surface area contributed by atoms with Crippen molar-refractivity contribution in [1.82, 2.24) is 21.3 Å². The van der Waals surface area contributed by atoms with Gasteiger partial charge < -0.3 is 45.0 Å². The molecule has 3 aromatic rings. The summed E-state index contributed by atoms with van der Waals surface area (Å²) in [7, 11) is 4.27. The molecule has 294 valence electrons. The van der Waals surface area contributed by atoms with Gasteiger partial charge in [-0.3, -0.25) is 14.4 Å². The van der Waals surface area contributed by atoms with Gasteiger partial charge in [0.1, 0.15) is 41.3 Å². The van der Waals surface area contributed by atoms with Crippen molar-refractivity contribution in [2.24, 2.45) is 5.92 Å². The fourth-order valence-electron chi connectivity index (χ4n) is 6.58. The number of nitrogens with one attached hydrogen (secondary N) is 4. The van der Waals surface area contributed by atoms with Gasteiger partial charge in [0, 0.05) is 30.4 Å². The summed E-state index contributed by atoms with van der Waals surface area (Å²) in [6.45, 7) is 8.80. The van der Waals surface area contributed by atoms with Crippen LogP contribution in [0.25, 0.3) is 11.1 Å². The summed E-state index contributed by atoms with van der Waals surface area (Å²) in [5.74, 6) is -1.35. The number of methoxy groups -OCH3 is 3. The van der Waals surface area contributed by atoms with Crippen molar-refractivity contribution in [3.05, 3.63) is 71.3 Å². The fourth-order valence-corrected chi connectivity index (χ4v) is 6.58. The van der Waals surface area contributed by atoms with Crippen LogP contribution in [0.1, 0.15) is 57.7 Å². The second-order valence-corrected chi connectivity index (χ2v) is 14.8. The second kappa shape index (κ2) is 17.1. The van der Waals surface area contributed by atoms with E-state index in [0.717, 1.165) is 5.56 Å². The van der Waals surface area contributed by atoms with E-state index in [0.29, 0.717) is 51.7 Å². The van der Waals surface area contributed by atoms with E-state index in [9.17, 15) is 24.0 Å². The molecular weight excluding hydrogens is 708 g/mol. The molecule has 0 unspecified atom stereocenters. The average Bonchev–Trinajstić information content (AvgIpc) is 3.14. The van der Waals surface area contributed by atoms with E-state index in [1.54, 1.807) is 70.2 Å². The zero-order valence-electron chi connectivity index (χ0n) is 32.5. The summed E-state index contributed by atoms with van der Waals surface area (Å²) in [6.07, 6.45) is -0.266. The first-order chi connectivity index (χ1) is 26.1. The molecule has 0 radical (unpaired) electrons. The molecule has 3 aliphatic rings. The lowest BCUT2D eigenvalue weighted by Crippen LogP contribution is -2.60. The van der Waals surface area contributed by atoms with E-state index in [2.05, 4.69) is 21.3 Å². The Hall–Kier alpha value is -5.79. The van der Waals surface area contributed by atoms with E-state index in [1.807, 2.05) is 19.1 Å². The first-order valence-electron chi connectivity index (χ1n) is 18.3. The summed E-state index contributed by atoms with van der Waals surface area (Å²) < 4.78 is 28.8. The van der Waals surface area contributed by atoms with Crippen LogP contribution >= 0.6 is 0 Å². The molecule has 6 rings (SSSR count). The average molecular weight is 759 g/mol. The summed E-state index contributed by atoms with van der Waals surface area (Å²) in [5.41, 5.74) is 2.19. The van der Waals surface area contributed by atoms with Gasteiger partial charge in [0.25, 0.3) is 0 Å². The Balaban J connectivity index is 1.75. The van der Waals surface area contributed by atoms with Crippen LogP contribution in [0.15, 0.2) is 54.6 Å². The Bertz CT molecular complexity index is 1920. The highest BCUT2D eigenvalue weighted by molar-refractivity contribution is 5.95. The van der Waals surface area contributed by atoms with Gasteiger partial charge in [0.2, 0.25) is 17.7 Å². The van der Waals surface area contributed by atoms with Gasteiger partial charge in [-0.2, -0.15) is 0 Å². The van der Waals surface area contributed by atoms with Crippen molar-refractivity contribution >= 4 is 29.8 Å². The number of esters is 1. The second-order valence-electron chi connectivity index (χ2n) is 14.8. The molecule has 0 fully saturated rings. The summed E-state index contributed by atoms with van der Waals surface area (Å²) in [4.78, 5) is 68.8. The molecule has 8 bridgehead atoms. The molecule has 4 amide bonds. The number of rotatable bonds is 6. The zero-order valence-corrected chi connectivity index (χ0v) is 32.5. The van der Waals surface area contributed by atoms with Crippen molar-refractivity contribution in [3.63, 3.8) is 0 Å². The lowest BCUT2D eigenvalue weighted by Gasteiger charge is -2.29. The lowest BCUT2D eigenvalue weighted by atomic mass is 9.94. The molecule has 14 heteroatoms. The molecule has 14 nitrogen and oxygen atoms in total. The fraction of sp³-hybridized carbons (Fsp3) is 0.439. The number of fused-ring (bicyclic) bond motifs is 9. The van der Waals surface area contributed by atoms with E-state index >= 15 is 0 Å². The number of carbonyl (C=O) groups is 5. The van der Waals surface area contributed by atoms with Crippen LogP contribution in [-0.2, 0) is 47.9 Å². The van der Waals surface area contributed by atoms with Crippen molar-refractivity contribution in [3.8, 4) is 34.1 Å². The quantitative estimate of drug-likeness (QED) is 0.264. The van der Waals surface area contributed by atoms with Crippen LogP contribution in [0, 0.1) is 5.92 Å². The Kier molecular flexibility index (Phi) is 12.6. The van der Waals surface area contributed by atoms with Gasteiger partial charge in [-0.05, 0) is 79.8 Å². The molecule has 3 heterocycles. The van der Waals surface area contributed by atoms with E-state index in [1.165, 1.54) is 21.3 Å². The highest BCUT2D eigenvalue weighted by atomic mass is 16.6. The van der Waals surface area contributed by atoms with E-state index in [4.69, 9.17) is 23.7 Å². The Morgan fingerprint density at radius 1 is 0.818 bits per heavy atom. The number of ether oxygens (including phenoxy) is 5. The maximum Gasteiger partial charge on any atom is 0.408 e. The van der Waals surface area contributed by atoms with E-state index in [-0.39, 0.29) is 19.3 Å². The lowest BCUT2D eigenvalue weighted by molar-refractivity contribution is -0.145. The molecule has 5 atom stereocenters. The van der Waals surface area contributed by atoms with Gasteiger partial charge in [-0.15, -0.1) is 0 Å². The zero-order chi connectivity index (χ0) is 40.0. The summed E-state index contributed by atoms with van der Waals surface area (Å²) in [6, 6.07) is 11.3. The molecule has 3 aliphatic heterocycles. The van der Waals surface area contributed by atoms with Crippen molar-refractivity contribution in [2.45, 2.75) is 90.1 Å². The van der Waals surface area contributed by atoms with Crippen molar-refractivity contribution < 1.29 is 47.7 Å². The Morgan fingerprint density at radius 3 is 2.15 bits per heavy atom. The molecule has 0 saturated heterocycles. The minimum atomic E-state index is -1.24. The maximum atomic E-state index is 14.3. The van der Waals surface area contributed by atoms with Crippen LogP contribution in [0.5, 0.6) is 23.0 Å². The monoisotopic (exact) mass is 758 g/mol. The van der Waals surface area contributed by atoms with Gasteiger partial charge in [0.05, 0.1) is 21.3 Å². The standard InChI is InChI=1S/C41H50N4O10/c1-9-22(2)34-38(48)42-29-20-25-17-28(27-16-24(12-15-32(27)51-6)19-30(37(47)45-34)44-40(50)55-41(3,4)5)35(52-7)33(21-25)54-26-13-10-23(11-14-26)18-31(39(49)53-8)43-36(29)46/h10-17,21-22,29-31,34H,9,18-20H2,1-8H3,(H,42,48)(H,43,46)(H,44,50)(H,45,47)/t22-,29-,30-,31-,34-/m0/s1. The highest BCUT2D eigenvalue weighted by Gasteiger charge is 2.35. The Labute approximate surface area is 321 Å². The van der Waals surface area contributed by atoms with Crippen LogP contribution in [0.3, 0.4) is 0 Å². The van der Waals surface area contributed by atoms with Gasteiger partial charge in [-0.1, -0.05) is 38.5 Å². The predicted octanol–water partition coefficient (Wildman–Crippen LogP) is 4.38. The molecule has 3 aromatic carbocycles. The normalized spacial score (nSPS) is 20.6. The number of carbonyl (C=O) groups excluding carboxylic acids is 5. The summed E-state index contributed by atoms with van der Waals surface area (Å²) >= 11 is 0. The van der Waals surface area contributed by atoms with Crippen LogP contribution in [0.4, 0.5) is 4.79 Å². The smallest absolute Gasteiger partial charge is 0.408 e. The molecular formula is C41H50N4O10. The molecule has 0 spiro atoms. The molecule has 55 heavy (non-hydrogen) atoms. The number of hydrogen-bond acceptors (Lipinski definition) is 10. The minimum absolute atomic E-state index is 0.00851. The maximum absolute atomic E-state index is 14.3. The number of hydrogen-bond donors (Lipinski definition) is 4. The van der Waals surface area contributed by atoms with Crippen molar-refractivity contribution in [1.29, 1.82) is 0 Å². The number of alkyl carbamates (subject to hydrolysis) is 1. The van der Waals surface area contributed by atoms with E-state index < -0.39 is 65.5 Å². The highest BCUT2D eigenvalue weighted by Crippen LogP contribution is 2.45. The van der Waals surface area contributed by atoms with Crippen LogP contribution in [0.2, 0.25) is 0 Å². The minimum Gasteiger partial charge on any atom is -0.496 e. The third-order valence-corrected chi connectivity index (χ3v) is 9.58. The van der Waals surface area contributed by atoms with Crippen LogP contribution < -0.4 is 35.5 Å². The SMILES string of the molecule is CC[C@H](C)[C@@H]1NC(=O)[C@@H](NC(=O)OC(C)(C)C)Cc2ccc(OC)c(c2)-c2cc3cc(c2OC)Oc2ccc(cc2)C[C@@H](C(=O)OC)NC(=O)[C@H](C3)NC1=O.